The minimum Gasteiger partial charge on any atom is -0.282 e. The Bertz CT molecular complexity index is 401. The zero-order chi connectivity index (χ0) is 14.7. The molecule has 1 aliphatic heterocycles. The van der Waals surface area contributed by atoms with Gasteiger partial charge in [0.05, 0.1) is 0 Å². The van der Waals surface area contributed by atoms with Crippen molar-refractivity contribution in [2.24, 2.45) is 22.9 Å². The van der Waals surface area contributed by atoms with Crippen LogP contribution in [0.1, 0.15) is 59.8 Å². The standard InChI is InChI=1S/C16H28N2S2/c1-10(2)16-15-9-8-13(12(4)20-19)6-5-7-14(15)11(3)17-18-16/h10,12-14,18-19H,5-9H2,1-4H3. The van der Waals surface area contributed by atoms with E-state index in [-0.39, 0.29) is 0 Å². The van der Waals surface area contributed by atoms with Crippen LogP contribution in [0.4, 0.5) is 0 Å². The Balaban J connectivity index is 2.19. The third-order valence-corrected chi connectivity index (χ3v) is 6.60. The van der Waals surface area contributed by atoms with Crippen LogP contribution in [0.25, 0.3) is 0 Å². The Morgan fingerprint density at radius 3 is 2.65 bits per heavy atom. The molecule has 0 aromatic heterocycles. The van der Waals surface area contributed by atoms with Crippen LogP contribution in [0, 0.1) is 17.8 Å². The van der Waals surface area contributed by atoms with Crippen molar-refractivity contribution in [1.82, 2.24) is 5.43 Å². The molecule has 1 N–H and O–H groups in total. The fourth-order valence-corrected chi connectivity index (χ4v) is 4.52. The van der Waals surface area contributed by atoms with E-state index in [1.807, 2.05) is 0 Å². The Kier molecular flexibility index (Phi) is 5.91. The first kappa shape index (κ1) is 16.3. The van der Waals surface area contributed by atoms with E-state index >= 15 is 0 Å². The molecule has 0 aromatic carbocycles. The SMILES string of the molecule is CC1=NNC(C(C)C)=C2CCC(C(C)SS)CCCC12. The summed E-state index contributed by atoms with van der Waals surface area (Å²) in [6, 6.07) is 0. The van der Waals surface area contributed by atoms with Crippen molar-refractivity contribution < 1.29 is 0 Å². The van der Waals surface area contributed by atoms with E-state index < -0.39 is 0 Å². The normalized spacial score (nSPS) is 29.2. The summed E-state index contributed by atoms with van der Waals surface area (Å²) in [5.74, 6) is 1.94. The number of fused-ring (bicyclic) bond motifs is 1. The molecule has 0 bridgehead atoms. The number of allylic oxidation sites excluding steroid dienone is 2. The van der Waals surface area contributed by atoms with Gasteiger partial charge in [0.15, 0.2) is 0 Å². The van der Waals surface area contributed by atoms with Crippen LogP contribution < -0.4 is 5.43 Å². The van der Waals surface area contributed by atoms with Crippen molar-refractivity contribution in [2.45, 2.75) is 65.0 Å². The summed E-state index contributed by atoms with van der Waals surface area (Å²) >= 11 is 4.42. The zero-order valence-electron chi connectivity index (χ0n) is 13.1. The quantitative estimate of drug-likeness (QED) is 0.563. The minimum atomic E-state index is 0.541. The molecule has 4 heteroatoms. The van der Waals surface area contributed by atoms with Gasteiger partial charge >= 0.3 is 0 Å². The van der Waals surface area contributed by atoms with E-state index in [2.05, 4.69) is 49.9 Å². The van der Waals surface area contributed by atoms with Gasteiger partial charge < -0.3 is 0 Å². The van der Waals surface area contributed by atoms with Crippen molar-refractivity contribution in [2.75, 3.05) is 0 Å². The highest BCUT2D eigenvalue weighted by atomic mass is 33.1. The van der Waals surface area contributed by atoms with Gasteiger partial charge in [0.2, 0.25) is 0 Å². The molecular weight excluding hydrogens is 284 g/mol. The summed E-state index contributed by atoms with van der Waals surface area (Å²) in [7, 11) is 1.72. The van der Waals surface area contributed by atoms with Gasteiger partial charge in [-0.2, -0.15) is 5.10 Å². The van der Waals surface area contributed by atoms with Gasteiger partial charge in [-0.1, -0.05) is 38.0 Å². The van der Waals surface area contributed by atoms with Crippen molar-refractivity contribution in [3.05, 3.63) is 11.3 Å². The van der Waals surface area contributed by atoms with E-state index in [0.29, 0.717) is 17.1 Å². The van der Waals surface area contributed by atoms with Crippen LogP contribution in [0.15, 0.2) is 16.4 Å². The fourth-order valence-electron chi connectivity index (χ4n) is 3.55. The molecule has 0 spiro atoms. The molecule has 3 unspecified atom stereocenters. The summed E-state index contributed by atoms with van der Waals surface area (Å²) < 4.78 is 0. The Morgan fingerprint density at radius 1 is 1.25 bits per heavy atom. The average Bonchev–Trinajstić information content (AvgIpc) is 2.39. The van der Waals surface area contributed by atoms with Gasteiger partial charge in [-0.3, -0.25) is 5.43 Å². The molecule has 0 saturated heterocycles. The summed E-state index contributed by atoms with van der Waals surface area (Å²) in [4.78, 5) is 0. The topological polar surface area (TPSA) is 24.4 Å². The molecule has 0 radical (unpaired) electrons. The Hall–Kier alpha value is -0.0900. The lowest BCUT2D eigenvalue weighted by Gasteiger charge is -2.34. The molecule has 0 amide bonds. The number of rotatable bonds is 3. The molecule has 1 saturated carbocycles. The molecule has 1 heterocycles. The van der Waals surface area contributed by atoms with Gasteiger partial charge in [0.25, 0.3) is 0 Å². The average molecular weight is 313 g/mol. The fraction of sp³-hybridized carbons (Fsp3) is 0.812. The predicted molar refractivity (Wildman–Crippen MR) is 94.2 cm³/mol. The van der Waals surface area contributed by atoms with E-state index in [1.54, 1.807) is 16.4 Å². The monoisotopic (exact) mass is 312 g/mol. The molecule has 2 rings (SSSR count). The number of nitrogens with one attached hydrogen (secondary N) is 1. The van der Waals surface area contributed by atoms with Gasteiger partial charge in [0.1, 0.15) is 0 Å². The van der Waals surface area contributed by atoms with Gasteiger partial charge in [-0.25, -0.2) is 0 Å². The molecule has 2 aliphatic rings. The van der Waals surface area contributed by atoms with Crippen LogP contribution in [0.5, 0.6) is 0 Å². The summed E-state index contributed by atoms with van der Waals surface area (Å²) in [5.41, 5.74) is 7.61. The second-order valence-electron chi connectivity index (χ2n) is 6.55. The van der Waals surface area contributed by atoms with E-state index in [9.17, 15) is 0 Å². The summed E-state index contributed by atoms with van der Waals surface area (Å²) in [6.07, 6.45) is 6.45. The number of hydrazone groups is 1. The highest BCUT2D eigenvalue weighted by Gasteiger charge is 2.29. The van der Waals surface area contributed by atoms with Gasteiger partial charge in [-0.05, 0) is 50.0 Å². The van der Waals surface area contributed by atoms with Crippen molar-refractivity contribution in [1.29, 1.82) is 0 Å². The summed E-state index contributed by atoms with van der Waals surface area (Å²) in [5, 5.41) is 5.21. The van der Waals surface area contributed by atoms with Crippen molar-refractivity contribution in [3.8, 4) is 0 Å². The molecule has 1 aliphatic carbocycles. The third-order valence-electron chi connectivity index (χ3n) is 4.88. The number of hydrogen-bond acceptors (Lipinski definition) is 4. The Labute approximate surface area is 133 Å². The second-order valence-corrected chi connectivity index (χ2v) is 8.14. The van der Waals surface area contributed by atoms with Gasteiger partial charge in [0, 0.05) is 22.6 Å². The maximum atomic E-state index is 4.55. The van der Waals surface area contributed by atoms with E-state index in [4.69, 9.17) is 0 Å². The maximum Gasteiger partial charge on any atom is 0.0423 e. The molecule has 20 heavy (non-hydrogen) atoms. The first-order valence-electron chi connectivity index (χ1n) is 7.88. The largest absolute Gasteiger partial charge is 0.282 e. The Morgan fingerprint density at radius 2 is 2.00 bits per heavy atom. The van der Waals surface area contributed by atoms with E-state index in [1.165, 1.54) is 43.5 Å². The first-order chi connectivity index (χ1) is 9.54. The van der Waals surface area contributed by atoms with Crippen molar-refractivity contribution in [3.63, 3.8) is 0 Å². The van der Waals surface area contributed by atoms with Gasteiger partial charge in [-0.15, -0.1) is 11.7 Å². The first-order valence-corrected chi connectivity index (χ1v) is 9.81. The number of hydrogen-bond donors (Lipinski definition) is 2. The van der Waals surface area contributed by atoms with Crippen LogP contribution >= 0.6 is 22.5 Å². The van der Waals surface area contributed by atoms with Crippen LogP contribution in [0.2, 0.25) is 0 Å². The lowest BCUT2D eigenvalue weighted by molar-refractivity contribution is 0.385. The number of thiol groups is 1. The highest BCUT2D eigenvalue weighted by Crippen LogP contribution is 2.39. The van der Waals surface area contributed by atoms with Crippen LogP contribution in [-0.4, -0.2) is 11.0 Å². The van der Waals surface area contributed by atoms with Crippen molar-refractivity contribution >= 4 is 28.2 Å². The minimum absolute atomic E-state index is 0.541. The molecule has 2 nitrogen and oxygen atoms in total. The second kappa shape index (κ2) is 7.26. The molecule has 1 fully saturated rings. The van der Waals surface area contributed by atoms with Crippen LogP contribution in [-0.2, 0) is 0 Å². The zero-order valence-corrected chi connectivity index (χ0v) is 14.9. The third kappa shape index (κ3) is 3.56. The smallest absolute Gasteiger partial charge is 0.0423 e. The lowest BCUT2D eigenvalue weighted by Crippen LogP contribution is -2.31. The summed E-state index contributed by atoms with van der Waals surface area (Å²) in [6.45, 7) is 9.04. The lowest BCUT2D eigenvalue weighted by atomic mass is 9.77. The molecular formula is C16H28N2S2. The molecule has 3 atom stereocenters. The van der Waals surface area contributed by atoms with Crippen LogP contribution in [0.3, 0.4) is 0 Å². The maximum absolute atomic E-state index is 4.55. The molecule has 114 valence electrons. The van der Waals surface area contributed by atoms with E-state index in [0.717, 1.165) is 5.92 Å². The predicted octanol–water partition coefficient (Wildman–Crippen LogP) is 5.04. The molecule has 0 aromatic rings. The highest BCUT2D eigenvalue weighted by molar-refractivity contribution is 8.68. The number of nitrogens with zero attached hydrogens (tertiary/aromatic N) is 1.